The van der Waals surface area contributed by atoms with Gasteiger partial charge in [0.1, 0.15) is 0 Å². The first kappa shape index (κ1) is 11.8. The van der Waals surface area contributed by atoms with E-state index in [-0.39, 0.29) is 0 Å². The molecule has 3 heteroatoms. The minimum atomic E-state index is 0.987. The van der Waals surface area contributed by atoms with Crippen molar-refractivity contribution in [3.8, 4) is 0 Å². The smallest absolute Gasteiger partial charge is 0.204 e. The summed E-state index contributed by atoms with van der Waals surface area (Å²) in [4.78, 5) is 6.38. The molecule has 0 radical (unpaired) electrons. The zero-order chi connectivity index (χ0) is 11.7. The van der Waals surface area contributed by atoms with Gasteiger partial charge in [0.25, 0.3) is 0 Å². The maximum absolute atomic E-state index is 4.34. The SMILES string of the molecule is CN=C(N(C)C)n1c(C)c(C)c(C)c1C. The first-order chi connectivity index (χ1) is 6.91. The van der Waals surface area contributed by atoms with Gasteiger partial charge in [-0.3, -0.25) is 9.56 Å². The van der Waals surface area contributed by atoms with Gasteiger partial charge in [-0.1, -0.05) is 0 Å². The second kappa shape index (κ2) is 4.09. The lowest BCUT2D eigenvalue weighted by atomic mass is 10.2. The summed E-state index contributed by atoms with van der Waals surface area (Å²) in [7, 11) is 5.87. The summed E-state index contributed by atoms with van der Waals surface area (Å²) in [6, 6.07) is 0. The highest BCUT2D eigenvalue weighted by Gasteiger charge is 2.15. The van der Waals surface area contributed by atoms with Crippen LogP contribution in [-0.2, 0) is 0 Å². The minimum Gasteiger partial charge on any atom is -0.348 e. The quantitative estimate of drug-likeness (QED) is 0.471. The highest BCUT2D eigenvalue weighted by atomic mass is 15.3. The van der Waals surface area contributed by atoms with Gasteiger partial charge >= 0.3 is 0 Å². The zero-order valence-corrected chi connectivity index (χ0v) is 10.8. The molecule has 15 heavy (non-hydrogen) atoms. The molecule has 3 nitrogen and oxygen atoms in total. The molecular formula is C12H21N3. The molecule has 0 spiro atoms. The van der Waals surface area contributed by atoms with E-state index in [1.807, 2.05) is 26.0 Å². The first-order valence-electron chi connectivity index (χ1n) is 5.21. The van der Waals surface area contributed by atoms with Crippen LogP contribution in [0.2, 0.25) is 0 Å². The highest BCUT2D eigenvalue weighted by molar-refractivity contribution is 5.84. The molecule has 0 atom stereocenters. The lowest BCUT2D eigenvalue weighted by Crippen LogP contribution is -2.30. The molecule has 0 aliphatic heterocycles. The molecule has 1 aromatic heterocycles. The Morgan fingerprint density at radius 1 is 1.00 bits per heavy atom. The van der Waals surface area contributed by atoms with Crippen LogP contribution < -0.4 is 0 Å². The number of hydrogen-bond donors (Lipinski definition) is 0. The van der Waals surface area contributed by atoms with Gasteiger partial charge in [0.05, 0.1) is 0 Å². The van der Waals surface area contributed by atoms with Crippen molar-refractivity contribution in [2.75, 3.05) is 21.1 Å². The Balaban J connectivity index is 3.44. The van der Waals surface area contributed by atoms with Crippen molar-refractivity contribution in [2.24, 2.45) is 4.99 Å². The summed E-state index contributed by atoms with van der Waals surface area (Å²) >= 11 is 0. The van der Waals surface area contributed by atoms with E-state index in [1.165, 1.54) is 22.5 Å². The molecule has 0 N–H and O–H groups in total. The van der Waals surface area contributed by atoms with Crippen molar-refractivity contribution in [1.82, 2.24) is 9.47 Å². The number of nitrogens with zero attached hydrogens (tertiary/aromatic N) is 3. The third-order valence-corrected chi connectivity index (χ3v) is 3.12. The molecule has 0 aliphatic carbocycles. The van der Waals surface area contributed by atoms with Crippen molar-refractivity contribution in [3.05, 3.63) is 22.5 Å². The number of rotatable bonds is 0. The van der Waals surface area contributed by atoms with Gasteiger partial charge in [-0.2, -0.15) is 0 Å². The molecule has 0 unspecified atom stereocenters. The molecule has 0 fully saturated rings. The number of aromatic nitrogens is 1. The fourth-order valence-corrected chi connectivity index (χ4v) is 1.93. The normalized spacial score (nSPS) is 12.1. The van der Waals surface area contributed by atoms with Gasteiger partial charge in [0, 0.05) is 32.5 Å². The van der Waals surface area contributed by atoms with Crippen LogP contribution in [0.5, 0.6) is 0 Å². The van der Waals surface area contributed by atoms with E-state index >= 15 is 0 Å². The summed E-state index contributed by atoms with van der Waals surface area (Å²) < 4.78 is 2.21. The summed E-state index contributed by atoms with van der Waals surface area (Å²) in [6.45, 7) is 8.61. The molecule has 0 bridgehead atoms. The van der Waals surface area contributed by atoms with E-state index in [0.717, 1.165) is 5.96 Å². The average molecular weight is 207 g/mol. The number of hydrogen-bond acceptors (Lipinski definition) is 1. The predicted octanol–water partition coefficient (Wildman–Crippen LogP) is 2.12. The molecule has 1 heterocycles. The van der Waals surface area contributed by atoms with Crippen LogP contribution in [0.25, 0.3) is 0 Å². The Labute approximate surface area is 92.4 Å². The van der Waals surface area contributed by atoms with Gasteiger partial charge in [-0.25, -0.2) is 0 Å². The summed E-state index contributed by atoms with van der Waals surface area (Å²) in [5, 5.41) is 0. The van der Waals surface area contributed by atoms with Gasteiger partial charge in [-0.05, 0) is 38.8 Å². The molecule has 0 aromatic carbocycles. The van der Waals surface area contributed by atoms with Crippen molar-refractivity contribution in [3.63, 3.8) is 0 Å². The topological polar surface area (TPSA) is 20.5 Å². The van der Waals surface area contributed by atoms with Crippen LogP contribution in [0, 0.1) is 27.7 Å². The monoisotopic (exact) mass is 207 g/mol. The van der Waals surface area contributed by atoms with E-state index in [2.05, 4.69) is 37.3 Å². The fourth-order valence-electron chi connectivity index (χ4n) is 1.93. The van der Waals surface area contributed by atoms with Crippen LogP contribution in [0.15, 0.2) is 4.99 Å². The lowest BCUT2D eigenvalue weighted by molar-refractivity contribution is 0.589. The Hall–Kier alpha value is -1.25. The van der Waals surface area contributed by atoms with E-state index in [0.29, 0.717) is 0 Å². The van der Waals surface area contributed by atoms with Crippen LogP contribution in [0.3, 0.4) is 0 Å². The van der Waals surface area contributed by atoms with Gasteiger partial charge in [-0.15, -0.1) is 0 Å². The third kappa shape index (κ3) is 1.78. The Morgan fingerprint density at radius 2 is 1.40 bits per heavy atom. The molecular weight excluding hydrogens is 186 g/mol. The molecule has 1 rings (SSSR count). The van der Waals surface area contributed by atoms with E-state index in [9.17, 15) is 0 Å². The summed E-state index contributed by atoms with van der Waals surface area (Å²) in [6.07, 6.45) is 0. The maximum atomic E-state index is 4.34. The second-order valence-corrected chi connectivity index (χ2v) is 4.17. The molecule has 1 aromatic rings. The second-order valence-electron chi connectivity index (χ2n) is 4.17. The van der Waals surface area contributed by atoms with Gasteiger partial charge in [0.15, 0.2) is 0 Å². The Kier molecular flexibility index (Phi) is 3.22. The van der Waals surface area contributed by atoms with Crippen LogP contribution >= 0.6 is 0 Å². The Bertz CT molecular complexity index is 372. The zero-order valence-electron chi connectivity index (χ0n) is 10.8. The van der Waals surface area contributed by atoms with Crippen LogP contribution in [-0.4, -0.2) is 36.6 Å². The number of aliphatic imine (C=N–C) groups is 1. The maximum Gasteiger partial charge on any atom is 0.204 e. The first-order valence-corrected chi connectivity index (χ1v) is 5.21. The lowest BCUT2D eigenvalue weighted by Gasteiger charge is -2.19. The summed E-state index contributed by atoms with van der Waals surface area (Å²) in [5.74, 6) is 0.987. The van der Waals surface area contributed by atoms with Crippen molar-refractivity contribution >= 4 is 5.96 Å². The fraction of sp³-hybridized carbons (Fsp3) is 0.583. The minimum absolute atomic E-state index is 0.987. The summed E-state index contributed by atoms with van der Waals surface area (Å²) in [5.41, 5.74) is 5.27. The highest BCUT2D eigenvalue weighted by Crippen LogP contribution is 2.20. The van der Waals surface area contributed by atoms with Crippen molar-refractivity contribution in [1.29, 1.82) is 0 Å². The molecule has 0 aliphatic rings. The standard InChI is InChI=1S/C12H21N3/c1-8-9(2)11(4)15(10(8)3)12(13-5)14(6)7/h1-7H3. The van der Waals surface area contributed by atoms with Crippen LogP contribution in [0.1, 0.15) is 22.5 Å². The predicted molar refractivity (Wildman–Crippen MR) is 65.8 cm³/mol. The van der Waals surface area contributed by atoms with Crippen molar-refractivity contribution in [2.45, 2.75) is 27.7 Å². The molecule has 0 saturated heterocycles. The Morgan fingerprint density at radius 3 is 1.67 bits per heavy atom. The van der Waals surface area contributed by atoms with Crippen LogP contribution in [0.4, 0.5) is 0 Å². The molecule has 84 valence electrons. The molecule has 0 saturated carbocycles. The van der Waals surface area contributed by atoms with E-state index in [4.69, 9.17) is 0 Å². The van der Waals surface area contributed by atoms with E-state index in [1.54, 1.807) is 0 Å². The van der Waals surface area contributed by atoms with Gasteiger partial charge < -0.3 is 4.90 Å². The third-order valence-electron chi connectivity index (χ3n) is 3.12. The average Bonchev–Trinajstić information content (AvgIpc) is 2.36. The van der Waals surface area contributed by atoms with E-state index < -0.39 is 0 Å². The largest absolute Gasteiger partial charge is 0.348 e. The van der Waals surface area contributed by atoms with Gasteiger partial charge in [0.2, 0.25) is 5.96 Å². The molecule has 0 amide bonds. The van der Waals surface area contributed by atoms with Crippen molar-refractivity contribution < 1.29 is 0 Å².